The van der Waals surface area contributed by atoms with Crippen molar-refractivity contribution in [2.75, 3.05) is 45.9 Å². The average Bonchev–Trinajstić information content (AvgIpc) is 3.54. The minimum Gasteiger partial charge on any atom is -0.448 e. The predicted molar refractivity (Wildman–Crippen MR) is 150 cm³/mol. The van der Waals surface area contributed by atoms with Crippen molar-refractivity contribution in [2.45, 2.75) is 82.0 Å². The van der Waals surface area contributed by atoms with Gasteiger partial charge in [-0.2, -0.15) is 18.3 Å². The van der Waals surface area contributed by atoms with Crippen molar-refractivity contribution in [1.29, 1.82) is 0 Å². The number of halogens is 3. The summed E-state index contributed by atoms with van der Waals surface area (Å²) in [5, 5.41) is 4.67. The third kappa shape index (κ3) is 6.16. The second-order valence-corrected chi connectivity index (χ2v) is 12.1. The molecule has 42 heavy (non-hydrogen) atoms. The summed E-state index contributed by atoms with van der Waals surface area (Å²) in [4.78, 5) is 32.3. The molecule has 0 N–H and O–H groups in total. The molecule has 1 unspecified atom stereocenters. The van der Waals surface area contributed by atoms with Crippen molar-refractivity contribution in [3.05, 3.63) is 52.8 Å². The van der Waals surface area contributed by atoms with Gasteiger partial charge in [-0.05, 0) is 76.1 Å². The Kier molecular flexibility index (Phi) is 8.47. The number of benzene rings is 1. The van der Waals surface area contributed by atoms with Gasteiger partial charge >= 0.3 is 12.3 Å². The molecule has 0 radical (unpaired) electrons. The third-order valence-corrected chi connectivity index (χ3v) is 9.32. The Morgan fingerprint density at radius 3 is 2.36 bits per heavy atom. The molecular formula is C31H40F3N5O3. The molecule has 2 aromatic rings. The van der Waals surface area contributed by atoms with Gasteiger partial charge in [0.1, 0.15) is 6.61 Å². The van der Waals surface area contributed by atoms with E-state index in [0.29, 0.717) is 57.5 Å². The van der Waals surface area contributed by atoms with E-state index in [-0.39, 0.29) is 29.5 Å². The Labute approximate surface area is 244 Å². The molecule has 4 aliphatic rings. The molecule has 3 aliphatic heterocycles. The van der Waals surface area contributed by atoms with Gasteiger partial charge in [0.05, 0.1) is 35.1 Å². The van der Waals surface area contributed by atoms with Gasteiger partial charge in [-0.25, -0.2) is 4.79 Å². The van der Waals surface area contributed by atoms with Crippen LogP contribution in [-0.2, 0) is 10.9 Å². The van der Waals surface area contributed by atoms with Crippen LogP contribution < -0.4 is 0 Å². The lowest BCUT2D eigenvalue weighted by Crippen LogP contribution is -2.41. The molecule has 1 atom stereocenters. The predicted octanol–water partition coefficient (Wildman–Crippen LogP) is 6.02. The van der Waals surface area contributed by atoms with Crippen LogP contribution in [0.2, 0.25) is 0 Å². The van der Waals surface area contributed by atoms with Crippen LogP contribution in [0, 0.1) is 0 Å². The van der Waals surface area contributed by atoms with Gasteiger partial charge in [0.15, 0.2) is 0 Å². The van der Waals surface area contributed by atoms with E-state index >= 15 is 0 Å². The van der Waals surface area contributed by atoms with E-state index in [1.807, 2.05) is 4.68 Å². The van der Waals surface area contributed by atoms with E-state index in [0.717, 1.165) is 44.2 Å². The second kappa shape index (κ2) is 12.3. The molecule has 0 bridgehead atoms. The molecule has 1 saturated carbocycles. The van der Waals surface area contributed by atoms with Gasteiger partial charge in [0, 0.05) is 32.1 Å². The Balaban J connectivity index is 1.11. The number of nitrogens with zero attached hydrogens (tertiary/aromatic N) is 5. The van der Waals surface area contributed by atoms with E-state index < -0.39 is 17.8 Å². The number of alkyl halides is 3. The van der Waals surface area contributed by atoms with E-state index in [9.17, 15) is 22.8 Å². The molecule has 228 valence electrons. The molecule has 11 heteroatoms. The van der Waals surface area contributed by atoms with Gasteiger partial charge in [-0.15, -0.1) is 0 Å². The summed E-state index contributed by atoms with van der Waals surface area (Å²) in [6.45, 7) is 4.85. The van der Waals surface area contributed by atoms with E-state index in [2.05, 4.69) is 10.00 Å². The van der Waals surface area contributed by atoms with Crippen LogP contribution in [0.3, 0.4) is 0 Å². The highest BCUT2D eigenvalue weighted by Gasteiger charge is 2.42. The summed E-state index contributed by atoms with van der Waals surface area (Å²) in [7, 11) is 0. The molecule has 4 fully saturated rings. The van der Waals surface area contributed by atoms with E-state index in [4.69, 9.17) is 4.74 Å². The molecule has 3 saturated heterocycles. The van der Waals surface area contributed by atoms with Gasteiger partial charge in [-0.1, -0.05) is 24.6 Å². The fraction of sp³-hybridized carbons (Fsp3) is 0.645. The number of hydrogen-bond acceptors (Lipinski definition) is 5. The zero-order valence-electron chi connectivity index (χ0n) is 24.0. The monoisotopic (exact) mass is 587 g/mol. The minimum absolute atomic E-state index is 0.0554. The molecule has 0 spiro atoms. The van der Waals surface area contributed by atoms with E-state index in [1.165, 1.54) is 31.4 Å². The highest BCUT2D eigenvalue weighted by atomic mass is 19.4. The van der Waals surface area contributed by atoms with Crippen LogP contribution >= 0.6 is 0 Å². The van der Waals surface area contributed by atoms with Crippen molar-refractivity contribution in [1.82, 2.24) is 24.5 Å². The average molecular weight is 588 g/mol. The summed E-state index contributed by atoms with van der Waals surface area (Å²) in [5.74, 6) is -0.00917. The second-order valence-electron chi connectivity index (χ2n) is 12.1. The number of aromatic nitrogens is 2. The summed E-state index contributed by atoms with van der Waals surface area (Å²) in [5.41, 5.74) is 0.891. The highest BCUT2D eigenvalue weighted by Crippen LogP contribution is 2.45. The third-order valence-electron chi connectivity index (χ3n) is 9.32. The maximum Gasteiger partial charge on any atom is 0.416 e. The number of piperidine rings is 2. The van der Waals surface area contributed by atoms with Crippen LogP contribution in [0.25, 0.3) is 0 Å². The van der Waals surface area contributed by atoms with Crippen LogP contribution in [0.1, 0.15) is 103 Å². The normalized spacial score (nSPS) is 22.5. The first-order valence-corrected chi connectivity index (χ1v) is 15.5. The number of hydrogen-bond donors (Lipinski definition) is 0. The van der Waals surface area contributed by atoms with Crippen molar-refractivity contribution in [2.24, 2.45) is 0 Å². The smallest absolute Gasteiger partial charge is 0.416 e. The number of carbonyl (C=O) groups is 2. The summed E-state index contributed by atoms with van der Waals surface area (Å²) >= 11 is 0. The van der Waals surface area contributed by atoms with Crippen LogP contribution in [0.5, 0.6) is 0 Å². The zero-order valence-corrected chi connectivity index (χ0v) is 24.0. The number of amides is 2. The quantitative estimate of drug-likeness (QED) is 0.397. The topological polar surface area (TPSA) is 70.9 Å². The lowest BCUT2D eigenvalue weighted by Gasteiger charge is -2.33. The van der Waals surface area contributed by atoms with Gasteiger partial charge in [0.2, 0.25) is 0 Å². The first-order valence-electron chi connectivity index (χ1n) is 15.5. The molecule has 1 aromatic carbocycles. The summed E-state index contributed by atoms with van der Waals surface area (Å²) in [6, 6.07) is 5.03. The van der Waals surface area contributed by atoms with E-state index in [1.54, 1.807) is 22.1 Å². The van der Waals surface area contributed by atoms with Crippen LogP contribution in [0.15, 0.2) is 30.5 Å². The zero-order chi connectivity index (χ0) is 29.3. The molecular weight excluding hydrogens is 547 g/mol. The molecule has 2 amide bonds. The van der Waals surface area contributed by atoms with Gasteiger partial charge in [-0.3, -0.25) is 14.4 Å². The SMILES string of the molecule is O=C(OCCN1CCCCC1)N1CCC(n2ncc(C(=O)N3CCCC3c3ccccc3C(F)(F)F)c2C2CC2)CC1. The number of rotatable bonds is 7. The summed E-state index contributed by atoms with van der Waals surface area (Å²) in [6.07, 6.45) is 5.05. The standard InChI is InChI=1S/C31H40F3N5O3/c32-31(33,34)26-8-3-2-7-24(26)27-9-6-16-38(27)29(40)25-21-35-39(28(25)22-10-11-22)23-12-17-37(18-13-23)30(41)42-20-19-36-14-4-1-5-15-36/h2-3,7-8,21-23,27H,1,4-6,9-20H2. The fourth-order valence-corrected chi connectivity index (χ4v) is 6.95. The van der Waals surface area contributed by atoms with Crippen molar-refractivity contribution in [3.63, 3.8) is 0 Å². The Morgan fingerprint density at radius 1 is 0.905 bits per heavy atom. The molecule has 6 rings (SSSR count). The van der Waals surface area contributed by atoms with Crippen molar-refractivity contribution in [3.8, 4) is 0 Å². The highest BCUT2D eigenvalue weighted by molar-refractivity contribution is 5.96. The molecule has 1 aliphatic carbocycles. The molecule has 4 heterocycles. The Hall–Kier alpha value is -3.08. The van der Waals surface area contributed by atoms with Gasteiger partial charge < -0.3 is 14.5 Å². The summed E-state index contributed by atoms with van der Waals surface area (Å²) < 4.78 is 49.0. The number of likely N-dealkylation sites (tertiary alicyclic amines) is 3. The van der Waals surface area contributed by atoms with Crippen LogP contribution in [0.4, 0.5) is 18.0 Å². The molecule has 8 nitrogen and oxygen atoms in total. The molecule has 1 aromatic heterocycles. The minimum atomic E-state index is -4.48. The number of ether oxygens (including phenoxy) is 1. The fourth-order valence-electron chi connectivity index (χ4n) is 6.95. The van der Waals surface area contributed by atoms with Gasteiger partial charge in [0.25, 0.3) is 5.91 Å². The van der Waals surface area contributed by atoms with Crippen molar-refractivity contribution < 1.29 is 27.5 Å². The number of carbonyl (C=O) groups excluding carboxylic acids is 2. The first-order chi connectivity index (χ1) is 20.3. The Morgan fingerprint density at radius 2 is 1.64 bits per heavy atom. The Bertz CT molecular complexity index is 1260. The largest absolute Gasteiger partial charge is 0.448 e. The first kappa shape index (κ1) is 29.0. The lowest BCUT2D eigenvalue weighted by molar-refractivity contribution is -0.138. The van der Waals surface area contributed by atoms with Crippen molar-refractivity contribution >= 4 is 12.0 Å². The lowest BCUT2D eigenvalue weighted by atomic mass is 9.97. The van der Waals surface area contributed by atoms with Crippen LogP contribution in [-0.4, -0.2) is 82.4 Å². The maximum absolute atomic E-state index is 13.9. The maximum atomic E-state index is 13.9.